The Kier molecular flexibility index (Phi) is 3.03. The van der Waals surface area contributed by atoms with Crippen molar-refractivity contribution >= 4 is 15.9 Å². The topological polar surface area (TPSA) is 57.7 Å². The van der Waals surface area contributed by atoms with Crippen molar-refractivity contribution in [3.8, 4) is 0 Å². The summed E-state index contributed by atoms with van der Waals surface area (Å²) >= 11 is 0. The summed E-state index contributed by atoms with van der Waals surface area (Å²) in [7, 11) is -3.20. The van der Waals surface area contributed by atoms with Gasteiger partial charge < -0.3 is 4.90 Å². The van der Waals surface area contributed by atoms with Crippen LogP contribution in [-0.4, -0.2) is 55.5 Å². The van der Waals surface area contributed by atoms with E-state index in [1.54, 1.807) is 4.90 Å². The number of amides is 1. The van der Waals surface area contributed by atoms with Gasteiger partial charge in [-0.2, -0.15) is 4.31 Å². The SMILES string of the molecule is CC(C)N1CC2=C(CN(S(C)(=O)=O)CC2)C1=O. The zero-order chi connectivity index (χ0) is 12.8. The van der Waals surface area contributed by atoms with E-state index in [2.05, 4.69) is 0 Å². The summed E-state index contributed by atoms with van der Waals surface area (Å²) in [5, 5.41) is 0. The van der Waals surface area contributed by atoms with Crippen molar-refractivity contribution in [3.05, 3.63) is 11.1 Å². The zero-order valence-corrected chi connectivity index (χ0v) is 11.2. The van der Waals surface area contributed by atoms with Crippen LogP contribution >= 0.6 is 0 Å². The van der Waals surface area contributed by atoms with Gasteiger partial charge in [0.1, 0.15) is 0 Å². The highest BCUT2D eigenvalue weighted by Crippen LogP contribution is 2.28. The maximum Gasteiger partial charge on any atom is 0.251 e. The van der Waals surface area contributed by atoms with Crippen LogP contribution in [0, 0.1) is 0 Å². The van der Waals surface area contributed by atoms with Crippen molar-refractivity contribution in [2.24, 2.45) is 0 Å². The minimum Gasteiger partial charge on any atom is -0.332 e. The van der Waals surface area contributed by atoms with Crippen LogP contribution in [0.4, 0.5) is 0 Å². The molecular weight excluding hydrogens is 240 g/mol. The maximum atomic E-state index is 12.1. The van der Waals surface area contributed by atoms with E-state index in [9.17, 15) is 13.2 Å². The minimum absolute atomic E-state index is 0.00310. The zero-order valence-electron chi connectivity index (χ0n) is 10.4. The van der Waals surface area contributed by atoms with Crippen LogP contribution in [0.25, 0.3) is 0 Å². The molecule has 2 heterocycles. The fourth-order valence-electron chi connectivity index (χ4n) is 2.32. The van der Waals surface area contributed by atoms with Gasteiger partial charge in [0.25, 0.3) is 5.91 Å². The number of rotatable bonds is 2. The summed E-state index contributed by atoms with van der Waals surface area (Å²) in [5.74, 6) is 0.00310. The highest BCUT2D eigenvalue weighted by atomic mass is 32.2. The van der Waals surface area contributed by atoms with E-state index in [0.717, 1.165) is 5.57 Å². The third kappa shape index (κ3) is 2.24. The summed E-state index contributed by atoms with van der Waals surface area (Å²) in [4.78, 5) is 13.9. The van der Waals surface area contributed by atoms with E-state index in [0.29, 0.717) is 25.1 Å². The highest BCUT2D eigenvalue weighted by Gasteiger charge is 2.36. The summed E-state index contributed by atoms with van der Waals surface area (Å²) in [5.41, 5.74) is 1.80. The molecule has 1 amide bonds. The molecule has 17 heavy (non-hydrogen) atoms. The van der Waals surface area contributed by atoms with Gasteiger partial charge >= 0.3 is 0 Å². The molecule has 0 fully saturated rings. The van der Waals surface area contributed by atoms with Crippen LogP contribution in [0.2, 0.25) is 0 Å². The Balaban J connectivity index is 2.21. The Bertz CT molecular complexity index is 479. The van der Waals surface area contributed by atoms with Crippen molar-refractivity contribution in [1.29, 1.82) is 0 Å². The van der Waals surface area contributed by atoms with E-state index in [1.165, 1.54) is 10.6 Å². The van der Waals surface area contributed by atoms with Crippen LogP contribution in [0.15, 0.2) is 11.1 Å². The predicted molar refractivity (Wildman–Crippen MR) is 64.9 cm³/mol. The van der Waals surface area contributed by atoms with Gasteiger partial charge in [-0.3, -0.25) is 4.79 Å². The molecule has 0 spiro atoms. The summed E-state index contributed by atoms with van der Waals surface area (Å²) in [6, 6.07) is 0.166. The van der Waals surface area contributed by atoms with Crippen LogP contribution in [0.1, 0.15) is 20.3 Å². The first-order valence-corrected chi connectivity index (χ1v) is 7.62. The standard InChI is InChI=1S/C11H18N2O3S/c1-8(2)13-6-9-4-5-12(17(3,15)16)7-10(9)11(13)14/h8H,4-7H2,1-3H3. The molecule has 0 saturated carbocycles. The number of carbonyl (C=O) groups excluding carboxylic acids is 1. The molecule has 0 aromatic carbocycles. The summed E-state index contributed by atoms with van der Waals surface area (Å²) < 4.78 is 24.3. The molecule has 0 unspecified atom stereocenters. The van der Waals surface area contributed by atoms with Crippen LogP contribution in [-0.2, 0) is 14.8 Å². The lowest BCUT2D eigenvalue weighted by atomic mass is 10.0. The Morgan fingerprint density at radius 3 is 2.41 bits per heavy atom. The van der Waals surface area contributed by atoms with Gasteiger partial charge in [0.05, 0.1) is 6.26 Å². The van der Waals surface area contributed by atoms with Crippen molar-refractivity contribution in [3.63, 3.8) is 0 Å². The first-order chi connectivity index (χ1) is 7.80. The van der Waals surface area contributed by atoms with Gasteiger partial charge in [-0.15, -0.1) is 0 Å². The number of carbonyl (C=O) groups is 1. The van der Waals surface area contributed by atoms with Crippen LogP contribution < -0.4 is 0 Å². The second-order valence-electron chi connectivity index (χ2n) is 4.96. The van der Waals surface area contributed by atoms with Crippen molar-refractivity contribution < 1.29 is 13.2 Å². The van der Waals surface area contributed by atoms with Gasteiger partial charge in [-0.05, 0) is 25.8 Å². The van der Waals surface area contributed by atoms with E-state index >= 15 is 0 Å². The van der Waals surface area contributed by atoms with Gasteiger partial charge in [0.15, 0.2) is 0 Å². The molecule has 0 radical (unpaired) electrons. The first kappa shape index (κ1) is 12.6. The molecule has 0 saturated heterocycles. The lowest BCUT2D eigenvalue weighted by molar-refractivity contribution is -0.127. The smallest absolute Gasteiger partial charge is 0.251 e. The molecule has 0 aromatic rings. The largest absolute Gasteiger partial charge is 0.332 e. The minimum atomic E-state index is -3.20. The average Bonchev–Trinajstić information content (AvgIpc) is 2.54. The highest BCUT2D eigenvalue weighted by molar-refractivity contribution is 7.88. The number of hydrogen-bond donors (Lipinski definition) is 0. The number of hydrogen-bond acceptors (Lipinski definition) is 3. The molecule has 96 valence electrons. The normalized spacial score (nSPS) is 22.6. The summed E-state index contributed by atoms with van der Waals surface area (Å²) in [6.45, 7) is 5.37. The van der Waals surface area contributed by atoms with Crippen molar-refractivity contribution in [2.75, 3.05) is 25.9 Å². The third-order valence-corrected chi connectivity index (χ3v) is 4.65. The lowest BCUT2D eigenvalue weighted by Gasteiger charge is -2.24. The van der Waals surface area contributed by atoms with E-state index in [-0.39, 0.29) is 18.5 Å². The number of nitrogens with zero attached hydrogens (tertiary/aromatic N) is 2. The Labute approximate surface area is 102 Å². The molecule has 5 nitrogen and oxygen atoms in total. The molecule has 6 heteroatoms. The Morgan fingerprint density at radius 2 is 1.88 bits per heavy atom. The molecule has 0 N–H and O–H groups in total. The summed E-state index contributed by atoms with van der Waals surface area (Å²) in [6.07, 6.45) is 1.87. The van der Waals surface area contributed by atoms with Crippen molar-refractivity contribution in [1.82, 2.24) is 9.21 Å². The van der Waals surface area contributed by atoms with Gasteiger partial charge in [0, 0.05) is 31.2 Å². The first-order valence-electron chi connectivity index (χ1n) is 5.77. The molecule has 0 aliphatic carbocycles. The molecule has 0 bridgehead atoms. The lowest BCUT2D eigenvalue weighted by Crippen LogP contribution is -2.38. The second-order valence-corrected chi connectivity index (χ2v) is 6.94. The second kappa shape index (κ2) is 4.10. The fourth-order valence-corrected chi connectivity index (χ4v) is 3.11. The molecular formula is C11H18N2O3S. The fraction of sp³-hybridized carbons (Fsp3) is 0.727. The van der Waals surface area contributed by atoms with Gasteiger partial charge in [0.2, 0.25) is 10.0 Å². The van der Waals surface area contributed by atoms with Gasteiger partial charge in [-0.1, -0.05) is 0 Å². The molecule has 2 aliphatic heterocycles. The van der Waals surface area contributed by atoms with Crippen LogP contribution in [0.3, 0.4) is 0 Å². The monoisotopic (exact) mass is 258 g/mol. The van der Waals surface area contributed by atoms with Gasteiger partial charge in [-0.25, -0.2) is 8.42 Å². The molecule has 0 aromatic heterocycles. The average molecular weight is 258 g/mol. The maximum absolute atomic E-state index is 12.1. The van der Waals surface area contributed by atoms with E-state index < -0.39 is 10.0 Å². The third-order valence-electron chi connectivity index (χ3n) is 3.40. The predicted octanol–water partition coefficient (Wildman–Crippen LogP) is 0.199. The molecule has 2 rings (SSSR count). The Morgan fingerprint density at radius 1 is 1.24 bits per heavy atom. The van der Waals surface area contributed by atoms with E-state index in [4.69, 9.17) is 0 Å². The number of sulfonamides is 1. The van der Waals surface area contributed by atoms with E-state index in [1.807, 2.05) is 13.8 Å². The quantitative estimate of drug-likeness (QED) is 0.711. The van der Waals surface area contributed by atoms with Crippen LogP contribution in [0.5, 0.6) is 0 Å². The Hall–Kier alpha value is -0.880. The van der Waals surface area contributed by atoms with Crippen molar-refractivity contribution in [2.45, 2.75) is 26.3 Å². The molecule has 2 aliphatic rings. The molecule has 0 atom stereocenters.